The maximum Gasteiger partial charge on any atom is 0.0782 e. The average molecular weight is 792 g/mol. The van der Waals surface area contributed by atoms with E-state index in [0.717, 1.165) is 45.3 Å². The molecule has 0 saturated heterocycles. The number of aromatic nitrogens is 1. The Labute approximate surface area is 361 Å². The summed E-state index contributed by atoms with van der Waals surface area (Å²) in [6.45, 7) is 4.75. The van der Waals surface area contributed by atoms with Crippen molar-refractivity contribution in [2.45, 2.75) is 19.3 Å². The topological polar surface area (TPSA) is 11.4 Å². The van der Waals surface area contributed by atoms with Gasteiger partial charge in [0.1, 0.15) is 0 Å². The third kappa shape index (κ3) is 5.06. The molecule has 0 radical (unpaired) electrons. The van der Waals surface area contributed by atoms with Gasteiger partial charge in [0.2, 0.25) is 0 Å². The van der Waals surface area contributed by atoms with E-state index in [9.17, 15) is 0 Å². The number of para-hydroxylation sites is 2. The molecule has 62 heavy (non-hydrogen) atoms. The van der Waals surface area contributed by atoms with Crippen LogP contribution in [0.5, 0.6) is 0 Å². The fourth-order valence-electron chi connectivity index (χ4n) is 10.7. The van der Waals surface area contributed by atoms with Crippen LogP contribution in [0.3, 0.4) is 0 Å². The second kappa shape index (κ2) is 13.1. The number of rotatable bonds is 3. The van der Waals surface area contributed by atoms with Crippen LogP contribution < -0.4 is 9.80 Å². The molecule has 0 amide bonds. The Hall–Kier alpha value is -7.88. The van der Waals surface area contributed by atoms with Gasteiger partial charge in [0.25, 0.3) is 0 Å². The molecule has 1 aliphatic carbocycles. The van der Waals surface area contributed by atoms with E-state index in [-0.39, 0.29) is 5.41 Å². The number of hydrogen-bond acceptors (Lipinski definition) is 2. The van der Waals surface area contributed by atoms with Crippen molar-refractivity contribution in [2.24, 2.45) is 0 Å². The molecule has 11 aromatic rings. The van der Waals surface area contributed by atoms with Gasteiger partial charge < -0.3 is 14.4 Å². The minimum absolute atomic E-state index is 0.172. The van der Waals surface area contributed by atoms with Crippen molar-refractivity contribution in [1.29, 1.82) is 0 Å². The van der Waals surface area contributed by atoms with Crippen molar-refractivity contribution >= 4 is 77.5 Å². The molecule has 2 aliphatic rings. The van der Waals surface area contributed by atoms with Gasteiger partial charge in [-0.05, 0) is 128 Å². The molecule has 0 saturated carbocycles. The van der Waals surface area contributed by atoms with Crippen LogP contribution in [0, 0.1) is 0 Å². The van der Waals surface area contributed by atoms with Crippen LogP contribution in [0.2, 0.25) is 0 Å². The van der Waals surface area contributed by atoms with Gasteiger partial charge in [-0.3, -0.25) is 0 Å². The first-order valence-corrected chi connectivity index (χ1v) is 21.6. The predicted molar refractivity (Wildman–Crippen MR) is 262 cm³/mol. The number of fused-ring (bicyclic) bond motifs is 12. The molecular weight excluding hydrogens is 751 g/mol. The van der Waals surface area contributed by atoms with E-state index < -0.39 is 0 Å². The molecule has 3 nitrogen and oxygen atoms in total. The van der Waals surface area contributed by atoms with E-state index in [4.69, 9.17) is 0 Å². The Kier molecular flexibility index (Phi) is 7.36. The number of benzene rings is 10. The Morgan fingerprint density at radius 2 is 0.855 bits per heavy atom. The smallest absolute Gasteiger partial charge is 0.0782 e. The van der Waals surface area contributed by atoms with Crippen molar-refractivity contribution in [3.63, 3.8) is 0 Å². The molecule has 0 N–H and O–H groups in total. The van der Waals surface area contributed by atoms with Crippen LogP contribution in [0.25, 0.3) is 71.3 Å². The average Bonchev–Trinajstić information content (AvgIpc) is 3.77. The van der Waals surface area contributed by atoms with Gasteiger partial charge >= 0.3 is 0 Å². The van der Waals surface area contributed by atoms with E-state index in [2.05, 4.69) is 241 Å². The molecule has 292 valence electrons. The Morgan fingerprint density at radius 3 is 1.61 bits per heavy atom. The van der Waals surface area contributed by atoms with Crippen LogP contribution >= 0.6 is 0 Å². The fraction of sp³-hybridized carbons (Fsp3) is 0.0508. The lowest BCUT2D eigenvalue weighted by Crippen LogP contribution is -2.16. The molecule has 1 aromatic heterocycles. The Bertz CT molecular complexity index is 3640. The highest BCUT2D eigenvalue weighted by Crippen LogP contribution is 2.54. The minimum atomic E-state index is -0.172. The van der Waals surface area contributed by atoms with Gasteiger partial charge in [0.15, 0.2) is 0 Å². The molecule has 1 aliphatic heterocycles. The van der Waals surface area contributed by atoms with Crippen molar-refractivity contribution in [1.82, 2.24) is 4.57 Å². The molecule has 3 heteroatoms. The van der Waals surface area contributed by atoms with E-state index in [1.54, 1.807) is 0 Å². The van der Waals surface area contributed by atoms with Gasteiger partial charge in [-0.1, -0.05) is 147 Å². The van der Waals surface area contributed by atoms with Crippen LogP contribution in [-0.4, -0.2) is 4.57 Å². The number of anilines is 6. The molecule has 13 rings (SSSR count). The molecule has 0 spiro atoms. The summed E-state index contributed by atoms with van der Waals surface area (Å²) in [4.78, 5) is 4.93. The normalized spacial score (nSPS) is 13.7. The first kappa shape index (κ1) is 34.9. The van der Waals surface area contributed by atoms with Crippen LogP contribution in [0.1, 0.15) is 25.0 Å². The highest BCUT2D eigenvalue weighted by atomic mass is 15.2. The second-order valence-electron chi connectivity index (χ2n) is 17.4. The highest BCUT2D eigenvalue weighted by Gasteiger charge is 2.37. The summed E-state index contributed by atoms with van der Waals surface area (Å²) in [5, 5.41) is 7.36. The van der Waals surface area contributed by atoms with Gasteiger partial charge in [-0.25, -0.2) is 0 Å². The third-order valence-corrected chi connectivity index (χ3v) is 13.6. The molecule has 8 bridgehead atoms. The van der Waals surface area contributed by atoms with E-state index in [1.807, 2.05) is 0 Å². The first-order chi connectivity index (χ1) is 30.5. The fourth-order valence-corrected chi connectivity index (χ4v) is 10.7. The second-order valence-corrected chi connectivity index (χ2v) is 17.4. The van der Waals surface area contributed by atoms with Crippen LogP contribution in [-0.2, 0) is 5.41 Å². The van der Waals surface area contributed by atoms with E-state index >= 15 is 0 Å². The summed E-state index contributed by atoms with van der Waals surface area (Å²) < 4.78 is 2.50. The van der Waals surface area contributed by atoms with E-state index in [0.29, 0.717) is 0 Å². The lowest BCUT2D eigenvalue weighted by atomic mass is 9.82. The molecule has 10 aromatic carbocycles. The quantitative estimate of drug-likeness (QED) is 0.177. The summed E-state index contributed by atoms with van der Waals surface area (Å²) in [6.07, 6.45) is 0. The number of nitrogens with zero attached hydrogens (tertiary/aromatic N) is 3. The molecule has 0 atom stereocenters. The zero-order valence-electron chi connectivity index (χ0n) is 34.5. The molecule has 0 fully saturated rings. The van der Waals surface area contributed by atoms with Crippen LogP contribution in [0.4, 0.5) is 34.1 Å². The SMILES string of the molecule is CC1(C)c2ccc3cc2-c2cc(ccc21)N(c1cccc2c4ccccc4n(-c4cccc5ccccc45)c12)c1cccc(c1)-c1cccc(c1)N3c1ccc2ccccc2c1. The predicted octanol–water partition coefficient (Wildman–Crippen LogP) is 16.3. The van der Waals surface area contributed by atoms with Crippen molar-refractivity contribution in [2.75, 3.05) is 9.80 Å². The summed E-state index contributed by atoms with van der Waals surface area (Å²) >= 11 is 0. The Morgan fingerprint density at radius 1 is 0.339 bits per heavy atom. The van der Waals surface area contributed by atoms with Crippen molar-refractivity contribution in [3.05, 3.63) is 223 Å². The maximum atomic E-state index is 2.50. The standard InChI is InChI=1S/C59H41N3/c1-59(2)53-31-29-46-36-51(53)52-37-47(30-32-54(52)59)61(44-20-10-18-42(35-44)41-17-9-19-43(34-41)60(46)45-28-27-38-13-3-4-15-40(38)33-45)57-26-12-23-50-49-22-7-8-24-56(49)62(58(50)57)55-25-11-16-39-14-5-6-21-48(39)55/h3-37H,1-2H3. The van der Waals surface area contributed by atoms with Gasteiger partial charge in [0, 0.05) is 50.0 Å². The lowest BCUT2D eigenvalue weighted by Gasteiger charge is -2.29. The van der Waals surface area contributed by atoms with Gasteiger partial charge in [-0.2, -0.15) is 0 Å². The van der Waals surface area contributed by atoms with Crippen LogP contribution in [0.15, 0.2) is 212 Å². The maximum absolute atomic E-state index is 2.50. The van der Waals surface area contributed by atoms with E-state index in [1.165, 1.54) is 71.3 Å². The molecular formula is C59H41N3. The highest BCUT2D eigenvalue weighted by molar-refractivity contribution is 6.15. The summed E-state index contributed by atoms with van der Waals surface area (Å²) in [6, 6.07) is 79.1. The summed E-state index contributed by atoms with van der Waals surface area (Å²) in [5.41, 5.74) is 17.7. The minimum Gasteiger partial charge on any atom is -0.310 e. The summed E-state index contributed by atoms with van der Waals surface area (Å²) in [7, 11) is 0. The van der Waals surface area contributed by atoms with Gasteiger partial charge in [0.05, 0.1) is 22.4 Å². The molecule has 2 heterocycles. The largest absolute Gasteiger partial charge is 0.310 e. The summed E-state index contributed by atoms with van der Waals surface area (Å²) in [5.74, 6) is 0. The molecule has 0 unspecified atom stereocenters. The van der Waals surface area contributed by atoms with Gasteiger partial charge in [-0.15, -0.1) is 0 Å². The monoisotopic (exact) mass is 791 g/mol. The third-order valence-electron chi connectivity index (χ3n) is 13.6. The lowest BCUT2D eigenvalue weighted by molar-refractivity contribution is 0.660. The number of hydrogen-bond donors (Lipinski definition) is 0. The first-order valence-electron chi connectivity index (χ1n) is 21.6. The zero-order chi connectivity index (χ0) is 41.1. The van der Waals surface area contributed by atoms with Crippen molar-refractivity contribution in [3.8, 4) is 27.9 Å². The van der Waals surface area contributed by atoms with Crippen molar-refractivity contribution < 1.29 is 0 Å². The Balaban J connectivity index is 1.11. The zero-order valence-corrected chi connectivity index (χ0v) is 34.5.